The fourth-order valence-electron chi connectivity index (χ4n) is 2.80. The number of nitrogens with zero attached hydrogens (tertiary/aromatic N) is 1. The van der Waals surface area contributed by atoms with Crippen molar-refractivity contribution in [2.24, 2.45) is 0 Å². The van der Waals surface area contributed by atoms with E-state index in [0.29, 0.717) is 25.8 Å². The Hall–Kier alpha value is -2.17. The van der Waals surface area contributed by atoms with Gasteiger partial charge in [-0.05, 0) is 24.1 Å². The number of amides is 2. The van der Waals surface area contributed by atoms with Crippen LogP contribution in [0, 0.1) is 0 Å². The van der Waals surface area contributed by atoms with Crippen molar-refractivity contribution < 1.29 is 14.4 Å². The molecule has 0 aliphatic carbocycles. The van der Waals surface area contributed by atoms with Gasteiger partial charge in [-0.1, -0.05) is 12.1 Å². The van der Waals surface area contributed by atoms with Crippen molar-refractivity contribution in [3.63, 3.8) is 0 Å². The Morgan fingerprint density at radius 2 is 2.00 bits per heavy atom. The Morgan fingerprint density at radius 3 is 2.70 bits per heavy atom. The third kappa shape index (κ3) is 2.43. The van der Waals surface area contributed by atoms with Crippen molar-refractivity contribution >= 4 is 23.3 Å². The maximum Gasteiger partial charge on any atom is 0.234 e. The van der Waals surface area contributed by atoms with Crippen molar-refractivity contribution in [1.82, 2.24) is 5.32 Å². The van der Waals surface area contributed by atoms with Crippen LogP contribution in [0.3, 0.4) is 0 Å². The zero-order valence-corrected chi connectivity index (χ0v) is 11.1. The number of nitrogens with one attached hydrogen (secondary N) is 1. The first-order valence-corrected chi connectivity index (χ1v) is 6.84. The van der Waals surface area contributed by atoms with Crippen LogP contribution in [-0.2, 0) is 14.4 Å². The summed E-state index contributed by atoms with van der Waals surface area (Å²) in [6.45, 7) is 1.18. The monoisotopic (exact) mass is 272 g/mol. The van der Waals surface area contributed by atoms with Crippen LogP contribution in [0.25, 0.3) is 0 Å². The summed E-state index contributed by atoms with van der Waals surface area (Å²) in [4.78, 5) is 36.5. The number of rotatable bonds is 2. The van der Waals surface area contributed by atoms with E-state index in [-0.39, 0.29) is 23.5 Å². The van der Waals surface area contributed by atoms with Crippen LogP contribution in [0.5, 0.6) is 0 Å². The minimum Gasteiger partial charge on any atom is -0.364 e. The summed E-state index contributed by atoms with van der Waals surface area (Å²) >= 11 is 0. The molecule has 104 valence electrons. The molecule has 5 nitrogen and oxygen atoms in total. The largest absolute Gasteiger partial charge is 0.364 e. The Balaban J connectivity index is 1.82. The Labute approximate surface area is 116 Å². The lowest BCUT2D eigenvalue weighted by atomic mass is 9.90. The fourth-order valence-corrected chi connectivity index (χ4v) is 2.80. The van der Waals surface area contributed by atoms with Gasteiger partial charge in [-0.3, -0.25) is 19.7 Å². The maximum atomic E-state index is 11.9. The quantitative estimate of drug-likeness (QED) is 0.815. The lowest BCUT2D eigenvalue weighted by Crippen LogP contribution is -2.39. The molecule has 2 aliphatic heterocycles. The summed E-state index contributed by atoms with van der Waals surface area (Å²) in [6.07, 6.45) is 1.51. The highest BCUT2D eigenvalue weighted by atomic mass is 16.2. The molecule has 0 saturated carbocycles. The number of carbonyl (C=O) groups excluding carboxylic acids is 3. The topological polar surface area (TPSA) is 66.5 Å². The molecule has 1 unspecified atom stereocenters. The van der Waals surface area contributed by atoms with E-state index >= 15 is 0 Å². The average Bonchev–Trinajstić information content (AvgIpc) is 2.86. The molecule has 3 rings (SSSR count). The summed E-state index contributed by atoms with van der Waals surface area (Å²) in [5, 5.41) is 2.38. The van der Waals surface area contributed by atoms with E-state index in [1.54, 1.807) is 0 Å². The minimum absolute atomic E-state index is 0.201. The van der Waals surface area contributed by atoms with Gasteiger partial charge < -0.3 is 4.90 Å². The molecule has 2 aliphatic rings. The summed E-state index contributed by atoms with van der Waals surface area (Å²) in [5.41, 5.74) is 1.88. The molecule has 1 aromatic carbocycles. The number of carbonyl (C=O) groups is 3. The molecular weight excluding hydrogens is 256 g/mol. The molecule has 20 heavy (non-hydrogen) atoms. The van der Waals surface area contributed by atoms with E-state index in [1.807, 2.05) is 29.2 Å². The molecule has 0 aromatic heterocycles. The molecule has 1 atom stereocenters. The lowest BCUT2D eigenvalue weighted by Gasteiger charge is -2.23. The molecule has 2 saturated heterocycles. The molecular formula is C15H16N2O3. The summed E-state index contributed by atoms with van der Waals surface area (Å²) in [5.74, 6) is -0.453. The predicted octanol–water partition coefficient (Wildman–Crippen LogP) is 0.986. The Kier molecular flexibility index (Phi) is 3.26. The standard InChI is InChI=1S/C15H16N2O3/c18-12-6-7-17(9-12)11-3-1-2-10(8-11)13-4-5-14(19)16-15(13)20/h1-3,8,13H,4-7,9H2,(H,16,19,20). The Bertz CT molecular complexity index is 582. The van der Waals surface area contributed by atoms with E-state index in [1.165, 1.54) is 0 Å². The van der Waals surface area contributed by atoms with E-state index in [4.69, 9.17) is 0 Å². The van der Waals surface area contributed by atoms with E-state index in [0.717, 1.165) is 17.8 Å². The van der Waals surface area contributed by atoms with Crippen molar-refractivity contribution in [3.8, 4) is 0 Å². The zero-order chi connectivity index (χ0) is 14.1. The van der Waals surface area contributed by atoms with Gasteiger partial charge in [-0.25, -0.2) is 0 Å². The van der Waals surface area contributed by atoms with Crippen LogP contribution in [0.15, 0.2) is 24.3 Å². The number of benzene rings is 1. The Morgan fingerprint density at radius 1 is 1.15 bits per heavy atom. The molecule has 0 radical (unpaired) electrons. The van der Waals surface area contributed by atoms with Crippen molar-refractivity contribution in [2.75, 3.05) is 18.0 Å². The van der Waals surface area contributed by atoms with Gasteiger partial charge in [0.05, 0.1) is 12.5 Å². The van der Waals surface area contributed by atoms with Crippen molar-refractivity contribution in [2.45, 2.75) is 25.2 Å². The minimum atomic E-state index is -0.272. The first-order chi connectivity index (χ1) is 9.63. The van der Waals surface area contributed by atoms with Gasteiger partial charge in [0, 0.05) is 25.1 Å². The number of hydrogen-bond donors (Lipinski definition) is 1. The molecule has 2 fully saturated rings. The predicted molar refractivity (Wildman–Crippen MR) is 73.4 cm³/mol. The molecule has 2 heterocycles. The van der Waals surface area contributed by atoms with Crippen LogP contribution >= 0.6 is 0 Å². The highest BCUT2D eigenvalue weighted by molar-refractivity contribution is 6.01. The molecule has 1 aromatic rings. The molecule has 5 heteroatoms. The summed E-state index contributed by atoms with van der Waals surface area (Å²) in [7, 11) is 0. The smallest absolute Gasteiger partial charge is 0.234 e. The van der Waals surface area contributed by atoms with Gasteiger partial charge in [-0.15, -0.1) is 0 Å². The summed E-state index contributed by atoms with van der Waals surface area (Å²) in [6, 6.07) is 7.71. The van der Waals surface area contributed by atoms with Crippen LogP contribution < -0.4 is 10.2 Å². The van der Waals surface area contributed by atoms with Gasteiger partial charge in [0.15, 0.2) is 5.78 Å². The van der Waals surface area contributed by atoms with E-state index < -0.39 is 0 Å². The molecule has 1 N–H and O–H groups in total. The number of ketones is 1. The van der Waals surface area contributed by atoms with Crippen LogP contribution in [0.1, 0.15) is 30.7 Å². The zero-order valence-electron chi connectivity index (χ0n) is 11.1. The number of piperidine rings is 1. The number of Topliss-reactive ketones (excluding diaryl/α,β-unsaturated/α-hetero) is 1. The van der Waals surface area contributed by atoms with Crippen LogP contribution in [0.2, 0.25) is 0 Å². The second-order valence-corrected chi connectivity index (χ2v) is 5.31. The first kappa shape index (κ1) is 12.8. The second-order valence-electron chi connectivity index (χ2n) is 5.31. The highest BCUT2D eigenvalue weighted by Gasteiger charge is 2.28. The van der Waals surface area contributed by atoms with Gasteiger partial charge in [0.2, 0.25) is 11.8 Å². The summed E-state index contributed by atoms with van der Waals surface area (Å²) < 4.78 is 0. The normalized spacial score (nSPS) is 23.1. The SMILES string of the molecule is O=C1CCN(c2cccc(C3CCC(=O)NC3=O)c2)C1. The van der Waals surface area contributed by atoms with Gasteiger partial charge >= 0.3 is 0 Å². The van der Waals surface area contributed by atoms with Gasteiger partial charge in [-0.2, -0.15) is 0 Å². The second kappa shape index (κ2) is 5.07. The lowest BCUT2D eigenvalue weighted by molar-refractivity contribution is -0.134. The van der Waals surface area contributed by atoms with Crippen molar-refractivity contribution in [3.05, 3.63) is 29.8 Å². The first-order valence-electron chi connectivity index (χ1n) is 6.84. The van der Waals surface area contributed by atoms with Crippen molar-refractivity contribution in [1.29, 1.82) is 0 Å². The van der Waals surface area contributed by atoms with Crippen LogP contribution in [0.4, 0.5) is 5.69 Å². The number of hydrogen-bond acceptors (Lipinski definition) is 4. The van der Waals surface area contributed by atoms with Gasteiger partial charge in [0.25, 0.3) is 0 Å². The number of imide groups is 1. The fraction of sp³-hybridized carbons (Fsp3) is 0.400. The molecule has 0 spiro atoms. The maximum absolute atomic E-state index is 11.9. The third-order valence-electron chi connectivity index (χ3n) is 3.90. The molecule has 0 bridgehead atoms. The van der Waals surface area contributed by atoms with E-state index in [9.17, 15) is 14.4 Å². The average molecular weight is 272 g/mol. The third-order valence-corrected chi connectivity index (χ3v) is 3.90. The number of anilines is 1. The van der Waals surface area contributed by atoms with Gasteiger partial charge in [0.1, 0.15) is 0 Å². The van der Waals surface area contributed by atoms with E-state index in [2.05, 4.69) is 5.32 Å². The molecule has 2 amide bonds. The highest BCUT2D eigenvalue weighted by Crippen LogP contribution is 2.28. The van der Waals surface area contributed by atoms with Crippen LogP contribution in [-0.4, -0.2) is 30.7 Å².